The number of aliphatic hydroxyl groups excluding tert-OH is 1. The molecule has 1 rings (SSSR count). The van der Waals surface area contributed by atoms with Gasteiger partial charge in [-0.05, 0) is 55.4 Å². The second-order valence-corrected chi connectivity index (χ2v) is 8.93. The molecule has 0 unspecified atom stereocenters. The summed E-state index contributed by atoms with van der Waals surface area (Å²) >= 11 is 0. The first-order valence-electron chi connectivity index (χ1n) is 12.4. The third kappa shape index (κ3) is 8.64. The highest BCUT2D eigenvalue weighted by atomic mass is 16.7. The molecule has 0 aromatic heterocycles. The van der Waals surface area contributed by atoms with E-state index in [4.69, 9.17) is 23.7 Å². The summed E-state index contributed by atoms with van der Waals surface area (Å²) in [6.45, 7) is 13.3. The highest BCUT2D eigenvalue weighted by molar-refractivity contribution is 5.90. The van der Waals surface area contributed by atoms with E-state index in [0.29, 0.717) is 0 Å². The maximum absolute atomic E-state index is 12.9. The molecule has 1 aliphatic rings. The van der Waals surface area contributed by atoms with Crippen molar-refractivity contribution in [2.75, 3.05) is 0 Å². The molecule has 0 spiro atoms. The monoisotopic (exact) mass is 550 g/mol. The number of hydrogen-bond donors (Lipinski definition) is 1. The van der Waals surface area contributed by atoms with Crippen LogP contribution in [0.25, 0.3) is 0 Å². The van der Waals surface area contributed by atoms with E-state index in [1.165, 1.54) is 52.0 Å². The van der Waals surface area contributed by atoms with Gasteiger partial charge >= 0.3 is 29.8 Å². The fourth-order valence-corrected chi connectivity index (χ4v) is 3.34. The molecule has 0 aliphatic heterocycles. The first-order valence-corrected chi connectivity index (χ1v) is 12.4. The Morgan fingerprint density at radius 2 is 0.692 bits per heavy atom. The number of carbonyl (C=O) groups excluding carboxylic acids is 5. The van der Waals surface area contributed by atoms with E-state index in [0.717, 1.165) is 6.92 Å². The van der Waals surface area contributed by atoms with Crippen LogP contribution >= 0.6 is 0 Å². The molecule has 216 valence electrons. The Balaban J connectivity index is 3.86. The van der Waals surface area contributed by atoms with Crippen LogP contribution in [0.2, 0.25) is 0 Å². The molecule has 39 heavy (non-hydrogen) atoms. The number of ether oxygens (including phenoxy) is 5. The average Bonchev–Trinajstić information content (AvgIpc) is 2.91. The van der Waals surface area contributed by atoms with E-state index in [-0.39, 0.29) is 22.3 Å². The second-order valence-electron chi connectivity index (χ2n) is 8.93. The van der Waals surface area contributed by atoms with Crippen molar-refractivity contribution in [2.24, 2.45) is 0 Å². The van der Waals surface area contributed by atoms with Gasteiger partial charge in [-0.25, -0.2) is 19.2 Å². The molecular weight excluding hydrogens is 512 g/mol. The predicted molar refractivity (Wildman–Crippen MR) is 139 cm³/mol. The van der Waals surface area contributed by atoms with E-state index >= 15 is 0 Å². The molecule has 0 radical (unpaired) electrons. The molecule has 11 nitrogen and oxygen atoms in total. The van der Waals surface area contributed by atoms with Gasteiger partial charge in [-0.2, -0.15) is 0 Å². The molecule has 11 heteroatoms. The number of hydrogen-bond acceptors (Lipinski definition) is 11. The van der Waals surface area contributed by atoms with Gasteiger partial charge in [-0.1, -0.05) is 24.3 Å². The van der Waals surface area contributed by atoms with Crippen molar-refractivity contribution in [2.45, 2.75) is 98.9 Å². The van der Waals surface area contributed by atoms with Crippen LogP contribution in [0.1, 0.15) is 62.3 Å². The quantitative estimate of drug-likeness (QED) is 0.256. The third-order valence-corrected chi connectivity index (χ3v) is 6.26. The fraction of sp³-hybridized carbons (Fsp3) is 0.536. The fourth-order valence-electron chi connectivity index (χ4n) is 3.34. The Bertz CT molecular complexity index is 1080. The molecule has 6 atom stereocenters. The minimum atomic E-state index is -1.86. The lowest BCUT2D eigenvalue weighted by molar-refractivity contribution is -0.254. The van der Waals surface area contributed by atoms with Crippen molar-refractivity contribution >= 4 is 29.8 Å². The number of carbonyl (C=O) groups is 5. The van der Waals surface area contributed by atoms with Gasteiger partial charge < -0.3 is 28.8 Å². The largest absolute Gasteiger partial charge is 0.454 e. The third-order valence-electron chi connectivity index (χ3n) is 6.26. The highest BCUT2D eigenvalue weighted by Crippen LogP contribution is 2.34. The van der Waals surface area contributed by atoms with Crippen molar-refractivity contribution in [1.82, 2.24) is 0 Å². The molecule has 0 amide bonds. The van der Waals surface area contributed by atoms with Crippen LogP contribution < -0.4 is 0 Å². The van der Waals surface area contributed by atoms with E-state index in [1.54, 1.807) is 27.7 Å². The lowest BCUT2D eigenvalue weighted by Gasteiger charge is -2.46. The molecule has 0 heterocycles. The Hall–Kier alpha value is -3.73. The number of esters is 5. The van der Waals surface area contributed by atoms with Gasteiger partial charge in [0, 0.05) is 29.2 Å². The second kappa shape index (κ2) is 15.0. The normalized spacial score (nSPS) is 26.3. The Labute approximate surface area is 228 Å². The molecule has 1 aliphatic carbocycles. The van der Waals surface area contributed by atoms with Crippen molar-refractivity contribution in [3.8, 4) is 0 Å². The lowest BCUT2D eigenvalue weighted by atomic mass is 9.83. The minimum absolute atomic E-state index is 0.161. The standard InChI is InChI=1S/C28H38O11/c1-10-14(5)25(31)36-20-19(30)21(37-26(32)15(6)11-2)23(38-27(33)16(7)12-3)24(22(20)35-18(9)29)39-28(34)17(8)13-4/h10-13,19-24,30H,1-9H3/t19-,20-,21+,22+,23-,24+/m0/s1. The molecule has 1 fully saturated rings. The Kier molecular flexibility index (Phi) is 12.8. The zero-order valence-corrected chi connectivity index (χ0v) is 23.8. The van der Waals surface area contributed by atoms with E-state index in [9.17, 15) is 29.1 Å². The van der Waals surface area contributed by atoms with Gasteiger partial charge in [-0.15, -0.1) is 0 Å². The maximum Gasteiger partial charge on any atom is 0.333 e. The topological polar surface area (TPSA) is 152 Å². The van der Waals surface area contributed by atoms with E-state index < -0.39 is 66.5 Å². The van der Waals surface area contributed by atoms with Crippen LogP contribution in [0, 0.1) is 0 Å². The molecule has 0 saturated heterocycles. The van der Waals surface area contributed by atoms with Crippen LogP contribution in [0.3, 0.4) is 0 Å². The van der Waals surface area contributed by atoms with Gasteiger partial charge in [0.15, 0.2) is 30.5 Å². The summed E-state index contributed by atoms with van der Waals surface area (Å²) in [5.41, 5.74) is 0.650. The lowest BCUT2D eigenvalue weighted by Crippen LogP contribution is -2.68. The zero-order chi connectivity index (χ0) is 30.0. The molecule has 0 aromatic carbocycles. The molecule has 0 bridgehead atoms. The summed E-state index contributed by atoms with van der Waals surface area (Å²) in [4.78, 5) is 63.3. The molecule has 0 aromatic rings. The number of rotatable bonds is 9. The summed E-state index contributed by atoms with van der Waals surface area (Å²) < 4.78 is 27.6. The number of allylic oxidation sites excluding steroid dienone is 4. The van der Waals surface area contributed by atoms with Crippen LogP contribution in [-0.4, -0.2) is 71.6 Å². The van der Waals surface area contributed by atoms with Crippen molar-refractivity contribution in [1.29, 1.82) is 0 Å². The van der Waals surface area contributed by atoms with Crippen molar-refractivity contribution in [3.05, 3.63) is 46.6 Å². The first-order chi connectivity index (χ1) is 18.2. The van der Waals surface area contributed by atoms with Crippen LogP contribution in [0.15, 0.2) is 46.6 Å². The summed E-state index contributed by atoms with van der Waals surface area (Å²) in [6, 6.07) is 0. The summed E-state index contributed by atoms with van der Waals surface area (Å²) in [5.74, 6) is -4.35. The van der Waals surface area contributed by atoms with Gasteiger partial charge in [-0.3, -0.25) is 4.79 Å². The van der Waals surface area contributed by atoms with Crippen LogP contribution in [0.5, 0.6) is 0 Å². The van der Waals surface area contributed by atoms with Crippen molar-refractivity contribution in [3.63, 3.8) is 0 Å². The SMILES string of the molecule is CC=C(C)C(=O)O[C@H]1[C@@H](OC(=O)C(C)=CC)[C@H](OC(=O)C(C)=CC)[C@@H](O)[C@H](OC(=O)C(C)=CC)[C@H]1OC(C)=O. The molecular formula is C28H38O11. The zero-order valence-electron chi connectivity index (χ0n) is 23.8. The van der Waals surface area contributed by atoms with E-state index in [2.05, 4.69) is 0 Å². The van der Waals surface area contributed by atoms with Gasteiger partial charge in [0.25, 0.3) is 0 Å². The first kappa shape index (κ1) is 33.3. The van der Waals surface area contributed by atoms with Crippen molar-refractivity contribution < 1.29 is 52.8 Å². The average molecular weight is 551 g/mol. The van der Waals surface area contributed by atoms with E-state index in [1.807, 2.05) is 0 Å². The highest BCUT2D eigenvalue weighted by Gasteiger charge is 2.59. The minimum Gasteiger partial charge on any atom is -0.454 e. The molecule has 1 N–H and O–H groups in total. The van der Waals surface area contributed by atoms with Gasteiger partial charge in [0.05, 0.1) is 0 Å². The van der Waals surface area contributed by atoms with Gasteiger partial charge in [0.1, 0.15) is 6.10 Å². The Morgan fingerprint density at radius 3 is 0.949 bits per heavy atom. The number of aliphatic hydroxyl groups is 1. The predicted octanol–water partition coefficient (Wildman–Crippen LogP) is 2.80. The summed E-state index contributed by atoms with van der Waals surface area (Å²) in [6.07, 6.45) is -4.34. The molecule has 1 saturated carbocycles. The van der Waals surface area contributed by atoms with Crippen LogP contribution in [-0.2, 0) is 47.7 Å². The van der Waals surface area contributed by atoms with Crippen LogP contribution in [0.4, 0.5) is 0 Å². The Morgan fingerprint density at radius 1 is 0.462 bits per heavy atom. The smallest absolute Gasteiger partial charge is 0.333 e. The summed E-state index contributed by atoms with van der Waals surface area (Å²) in [5, 5.41) is 11.4. The van der Waals surface area contributed by atoms with Gasteiger partial charge in [0.2, 0.25) is 0 Å². The maximum atomic E-state index is 12.9. The summed E-state index contributed by atoms with van der Waals surface area (Å²) in [7, 11) is 0.